The van der Waals surface area contributed by atoms with Crippen LogP contribution in [0.4, 0.5) is 0 Å². The molecule has 1 atom stereocenters. The number of allylic oxidation sites excluding steroid dienone is 2. The minimum atomic E-state index is -0.108. The van der Waals surface area contributed by atoms with Gasteiger partial charge in [-0.05, 0) is 19.4 Å². The molecule has 0 aromatic rings. The Hall–Kier alpha value is -1.05. The molecular formula is C8H11NO. The van der Waals surface area contributed by atoms with Crippen molar-refractivity contribution in [2.45, 2.75) is 19.9 Å². The van der Waals surface area contributed by atoms with E-state index in [0.717, 1.165) is 5.57 Å². The minimum Gasteiger partial charge on any atom is -0.378 e. The molecule has 1 aliphatic rings. The maximum absolute atomic E-state index is 10.8. The molecule has 0 aliphatic carbocycles. The van der Waals surface area contributed by atoms with Gasteiger partial charge in [-0.2, -0.15) is 0 Å². The third kappa shape index (κ3) is 1.47. The largest absolute Gasteiger partial charge is 0.378 e. The Labute approximate surface area is 60.6 Å². The van der Waals surface area contributed by atoms with Gasteiger partial charge in [0.05, 0.1) is 0 Å². The van der Waals surface area contributed by atoms with Crippen LogP contribution >= 0.6 is 0 Å². The molecule has 1 aliphatic heterocycles. The van der Waals surface area contributed by atoms with E-state index in [1.54, 1.807) is 6.92 Å². The van der Waals surface area contributed by atoms with E-state index in [1.165, 1.54) is 0 Å². The summed E-state index contributed by atoms with van der Waals surface area (Å²) in [6.45, 7) is 3.57. The van der Waals surface area contributed by atoms with Crippen LogP contribution in [0.1, 0.15) is 13.8 Å². The predicted octanol–water partition coefficient (Wildman–Crippen LogP) is 1.01. The van der Waals surface area contributed by atoms with Gasteiger partial charge in [0.15, 0.2) is 5.78 Å². The fraction of sp³-hybridized carbons (Fsp3) is 0.375. The van der Waals surface area contributed by atoms with Crippen LogP contribution < -0.4 is 5.32 Å². The van der Waals surface area contributed by atoms with E-state index < -0.39 is 0 Å². The summed E-state index contributed by atoms with van der Waals surface area (Å²) >= 11 is 0. The molecule has 0 radical (unpaired) electrons. The predicted molar refractivity (Wildman–Crippen MR) is 40.5 cm³/mol. The lowest BCUT2D eigenvalue weighted by Crippen LogP contribution is -2.31. The summed E-state index contributed by atoms with van der Waals surface area (Å²) in [5, 5.41) is 2.97. The van der Waals surface area contributed by atoms with Crippen molar-refractivity contribution in [2.24, 2.45) is 0 Å². The van der Waals surface area contributed by atoms with E-state index in [1.807, 2.05) is 25.3 Å². The third-order valence-electron chi connectivity index (χ3n) is 1.48. The molecule has 0 spiro atoms. The van der Waals surface area contributed by atoms with Crippen LogP contribution in [0.5, 0.6) is 0 Å². The molecule has 1 unspecified atom stereocenters. The molecule has 0 fully saturated rings. The summed E-state index contributed by atoms with van der Waals surface area (Å²) in [7, 11) is 0. The summed E-state index contributed by atoms with van der Waals surface area (Å²) in [6, 6.07) is -0.108. The van der Waals surface area contributed by atoms with Gasteiger partial charge in [-0.15, -0.1) is 0 Å². The molecule has 2 nitrogen and oxygen atoms in total. The highest BCUT2D eigenvalue weighted by Gasteiger charge is 2.09. The van der Waals surface area contributed by atoms with E-state index >= 15 is 0 Å². The van der Waals surface area contributed by atoms with Gasteiger partial charge >= 0.3 is 0 Å². The lowest BCUT2D eigenvalue weighted by Gasteiger charge is -2.13. The molecule has 0 amide bonds. The Morgan fingerprint density at radius 1 is 1.70 bits per heavy atom. The van der Waals surface area contributed by atoms with Crippen LogP contribution in [0.3, 0.4) is 0 Å². The molecule has 2 heteroatoms. The maximum Gasteiger partial charge on any atom is 0.155 e. The van der Waals surface area contributed by atoms with E-state index in [2.05, 4.69) is 5.32 Å². The smallest absolute Gasteiger partial charge is 0.155 e. The number of carbonyl (C=O) groups excluding carboxylic acids is 1. The number of Topliss-reactive ketones (excluding diaryl/α,β-unsaturated/α-hetero) is 1. The summed E-state index contributed by atoms with van der Waals surface area (Å²) in [4.78, 5) is 10.8. The van der Waals surface area contributed by atoms with Crippen molar-refractivity contribution >= 4 is 5.78 Å². The number of nitrogens with one attached hydrogen (secondary N) is 1. The second kappa shape index (κ2) is 2.69. The van der Waals surface area contributed by atoms with Gasteiger partial charge in [-0.25, -0.2) is 0 Å². The number of dihydropyridines is 1. The standard InChI is InChI=1S/C8H11NO/c1-6-3-4-8(7(2)10)9-5-6/h3-5,8-9H,1-2H3. The number of hydrogen-bond acceptors (Lipinski definition) is 2. The Kier molecular flexibility index (Phi) is 1.90. The lowest BCUT2D eigenvalue weighted by molar-refractivity contribution is -0.117. The monoisotopic (exact) mass is 137 g/mol. The number of rotatable bonds is 1. The molecule has 10 heavy (non-hydrogen) atoms. The van der Waals surface area contributed by atoms with Crippen LogP contribution in [0, 0.1) is 0 Å². The van der Waals surface area contributed by atoms with Gasteiger partial charge in [0.25, 0.3) is 0 Å². The van der Waals surface area contributed by atoms with Crippen LogP contribution in [-0.2, 0) is 4.79 Å². The van der Waals surface area contributed by atoms with Gasteiger partial charge in [-0.3, -0.25) is 4.79 Å². The summed E-state index contributed by atoms with van der Waals surface area (Å²) < 4.78 is 0. The van der Waals surface area contributed by atoms with Gasteiger partial charge < -0.3 is 5.32 Å². The Bertz CT molecular complexity index is 203. The zero-order valence-corrected chi connectivity index (χ0v) is 6.22. The van der Waals surface area contributed by atoms with E-state index in [4.69, 9.17) is 0 Å². The quantitative estimate of drug-likeness (QED) is 0.584. The van der Waals surface area contributed by atoms with Crippen LogP contribution in [0.15, 0.2) is 23.9 Å². The van der Waals surface area contributed by atoms with Crippen molar-refractivity contribution in [3.05, 3.63) is 23.9 Å². The number of ketones is 1. The highest BCUT2D eigenvalue weighted by Crippen LogP contribution is 2.02. The summed E-state index contributed by atoms with van der Waals surface area (Å²) in [5.74, 6) is 0.153. The van der Waals surface area contributed by atoms with E-state index in [0.29, 0.717) is 0 Å². The van der Waals surface area contributed by atoms with Crippen LogP contribution in [0.2, 0.25) is 0 Å². The van der Waals surface area contributed by atoms with Gasteiger partial charge in [0.2, 0.25) is 0 Å². The topological polar surface area (TPSA) is 29.1 Å². The molecule has 1 rings (SSSR count). The van der Waals surface area contributed by atoms with Crippen molar-refractivity contribution in [2.75, 3.05) is 0 Å². The first kappa shape index (κ1) is 7.06. The Balaban J connectivity index is 2.60. The fourth-order valence-corrected chi connectivity index (χ4v) is 0.826. The Morgan fingerprint density at radius 2 is 2.40 bits per heavy atom. The number of hydrogen-bond donors (Lipinski definition) is 1. The highest BCUT2D eigenvalue weighted by molar-refractivity contribution is 5.83. The van der Waals surface area contributed by atoms with Crippen molar-refractivity contribution in [3.8, 4) is 0 Å². The third-order valence-corrected chi connectivity index (χ3v) is 1.48. The molecule has 1 N–H and O–H groups in total. The van der Waals surface area contributed by atoms with E-state index in [-0.39, 0.29) is 11.8 Å². The van der Waals surface area contributed by atoms with Gasteiger partial charge in [-0.1, -0.05) is 12.2 Å². The Morgan fingerprint density at radius 3 is 2.80 bits per heavy atom. The molecular weight excluding hydrogens is 126 g/mol. The van der Waals surface area contributed by atoms with E-state index in [9.17, 15) is 4.79 Å². The lowest BCUT2D eigenvalue weighted by atomic mass is 10.1. The van der Waals surface area contributed by atoms with Gasteiger partial charge in [0, 0.05) is 6.20 Å². The first-order valence-electron chi connectivity index (χ1n) is 3.31. The van der Waals surface area contributed by atoms with Gasteiger partial charge in [0.1, 0.15) is 6.04 Å². The first-order valence-corrected chi connectivity index (χ1v) is 3.31. The second-order valence-corrected chi connectivity index (χ2v) is 2.50. The summed E-state index contributed by atoms with van der Waals surface area (Å²) in [6.07, 6.45) is 5.67. The number of carbonyl (C=O) groups is 1. The van der Waals surface area contributed by atoms with Crippen molar-refractivity contribution in [1.29, 1.82) is 0 Å². The van der Waals surface area contributed by atoms with Crippen molar-refractivity contribution in [1.82, 2.24) is 5.32 Å². The fourth-order valence-electron chi connectivity index (χ4n) is 0.826. The molecule has 0 saturated carbocycles. The molecule has 54 valence electrons. The summed E-state index contributed by atoms with van der Waals surface area (Å²) in [5.41, 5.74) is 1.15. The normalized spacial score (nSPS) is 23.4. The molecule has 0 saturated heterocycles. The average Bonchev–Trinajstić information content (AvgIpc) is 1.88. The maximum atomic E-state index is 10.8. The van der Waals surface area contributed by atoms with Crippen molar-refractivity contribution in [3.63, 3.8) is 0 Å². The minimum absolute atomic E-state index is 0.108. The van der Waals surface area contributed by atoms with Crippen LogP contribution in [-0.4, -0.2) is 11.8 Å². The molecule has 0 aromatic heterocycles. The van der Waals surface area contributed by atoms with Crippen LogP contribution in [0.25, 0.3) is 0 Å². The zero-order valence-electron chi connectivity index (χ0n) is 6.22. The SMILES string of the molecule is CC(=O)C1C=CC(C)=CN1. The molecule has 1 heterocycles. The second-order valence-electron chi connectivity index (χ2n) is 2.50. The average molecular weight is 137 g/mol. The molecule has 0 aromatic carbocycles. The first-order chi connectivity index (χ1) is 4.70. The van der Waals surface area contributed by atoms with Crippen molar-refractivity contribution < 1.29 is 4.79 Å². The molecule has 0 bridgehead atoms. The zero-order chi connectivity index (χ0) is 7.56. The highest BCUT2D eigenvalue weighted by atomic mass is 16.1.